The van der Waals surface area contributed by atoms with E-state index in [9.17, 15) is 4.57 Å². The highest BCUT2D eigenvalue weighted by atomic mass is 32.1. The summed E-state index contributed by atoms with van der Waals surface area (Å²) in [4.78, 5) is 22.9. The Morgan fingerprint density at radius 3 is 2.47 bits per heavy atom. The van der Waals surface area contributed by atoms with Gasteiger partial charge in [-0.2, -0.15) is 11.3 Å². The lowest BCUT2D eigenvalue weighted by molar-refractivity contribution is 0.371. The third-order valence-electron chi connectivity index (χ3n) is 5.44. The van der Waals surface area contributed by atoms with Gasteiger partial charge in [0.1, 0.15) is 0 Å². The van der Waals surface area contributed by atoms with Crippen molar-refractivity contribution < 1.29 is 14.4 Å². The van der Waals surface area contributed by atoms with Crippen LogP contribution in [0, 0.1) is 0 Å². The van der Waals surface area contributed by atoms with E-state index in [1.54, 1.807) is 11.3 Å². The second kappa shape index (κ2) is 12.4. The number of nitrogens with one attached hydrogen (secondary N) is 1. The van der Waals surface area contributed by atoms with Crippen molar-refractivity contribution in [2.45, 2.75) is 52.0 Å². The first-order valence-corrected chi connectivity index (χ1v) is 14.1. The Kier molecular flexibility index (Phi) is 9.64. The lowest BCUT2D eigenvalue weighted by Crippen LogP contribution is -2.16. The van der Waals surface area contributed by atoms with Crippen LogP contribution >= 0.6 is 18.9 Å². The first-order chi connectivity index (χ1) is 15.5. The van der Waals surface area contributed by atoms with E-state index in [1.807, 2.05) is 6.07 Å². The zero-order valence-electron chi connectivity index (χ0n) is 18.7. The van der Waals surface area contributed by atoms with E-state index in [0.717, 1.165) is 34.5 Å². The molecule has 0 saturated carbocycles. The molecule has 7 heteroatoms. The van der Waals surface area contributed by atoms with Gasteiger partial charge in [0.25, 0.3) is 0 Å². The Morgan fingerprint density at radius 2 is 1.78 bits per heavy atom. The number of hydrogen-bond acceptors (Lipinski definition) is 4. The van der Waals surface area contributed by atoms with E-state index < -0.39 is 7.60 Å². The summed E-state index contributed by atoms with van der Waals surface area (Å²) >= 11 is 1.66. The van der Waals surface area contributed by atoms with Crippen molar-refractivity contribution in [3.63, 3.8) is 0 Å². The molecule has 2 heterocycles. The summed E-state index contributed by atoms with van der Waals surface area (Å²) < 4.78 is 11.0. The molecule has 0 unspecified atom stereocenters. The van der Waals surface area contributed by atoms with Crippen LogP contribution in [0.1, 0.15) is 50.3 Å². The van der Waals surface area contributed by atoms with Crippen LogP contribution in [0.5, 0.6) is 0 Å². The molecule has 5 nitrogen and oxygen atoms in total. The molecular weight excluding hydrogens is 439 g/mol. The van der Waals surface area contributed by atoms with Crippen LogP contribution < -0.4 is 5.32 Å². The Morgan fingerprint density at radius 1 is 0.969 bits per heavy atom. The fourth-order valence-electron chi connectivity index (χ4n) is 3.68. The van der Waals surface area contributed by atoms with Gasteiger partial charge in [-0.25, -0.2) is 0 Å². The Labute approximate surface area is 195 Å². The minimum Gasteiger partial charge on any atom is -0.324 e. The molecule has 3 N–H and O–H groups in total. The van der Waals surface area contributed by atoms with E-state index in [1.165, 1.54) is 31.2 Å². The van der Waals surface area contributed by atoms with Gasteiger partial charge in [-0.3, -0.25) is 9.55 Å². The first-order valence-electron chi connectivity index (χ1n) is 11.3. The van der Waals surface area contributed by atoms with Crippen LogP contribution in [0.4, 0.5) is 0 Å². The van der Waals surface area contributed by atoms with E-state index >= 15 is 0 Å². The fourth-order valence-corrected chi connectivity index (χ4v) is 4.89. The number of benzene rings is 1. The SMILES string of the molecule is CCCCCCc1ccc(-c2ccc(CNCCCP(=O)(O)O)nc2-c2ccsc2)cc1. The molecule has 1 aromatic carbocycles. The predicted octanol–water partition coefficient (Wildman–Crippen LogP) is 6.26. The molecule has 32 heavy (non-hydrogen) atoms. The third-order valence-corrected chi connectivity index (χ3v) is 7.02. The highest BCUT2D eigenvalue weighted by molar-refractivity contribution is 7.51. The number of aromatic nitrogens is 1. The summed E-state index contributed by atoms with van der Waals surface area (Å²) in [6.07, 6.45) is 6.56. The average molecular weight is 473 g/mol. The van der Waals surface area contributed by atoms with Crippen molar-refractivity contribution in [2.24, 2.45) is 0 Å². The molecule has 0 radical (unpaired) electrons. The summed E-state index contributed by atoms with van der Waals surface area (Å²) in [5, 5.41) is 7.42. The van der Waals surface area contributed by atoms with E-state index in [-0.39, 0.29) is 6.16 Å². The number of thiophene rings is 1. The number of aryl methyl sites for hydroxylation is 1. The number of unbranched alkanes of at least 4 members (excludes halogenated alkanes) is 3. The highest BCUT2D eigenvalue weighted by Crippen LogP contribution is 2.35. The van der Waals surface area contributed by atoms with Crippen LogP contribution in [0.3, 0.4) is 0 Å². The zero-order chi connectivity index (χ0) is 22.8. The van der Waals surface area contributed by atoms with E-state index in [4.69, 9.17) is 14.8 Å². The smallest absolute Gasteiger partial charge is 0.324 e. The number of pyridine rings is 1. The standard InChI is InChI=1S/C25H33N2O3PS/c1-2-3-4-5-7-20-8-10-21(11-9-20)24-13-12-23(18-26-15-6-16-31(28,29)30)27-25(24)22-14-17-32-19-22/h8-14,17,19,26H,2-7,15-16,18H2,1H3,(H2,28,29,30). The number of rotatable bonds is 13. The quantitative estimate of drug-likeness (QED) is 0.202. The fraction of sp³-hybridized carbons (Fsp3) is 0.400. The predicted molar refractivity (Wildman–Crippen MR) is 134 cm³/mol. The zero-order valence-corrected chi connectivity index (χ0v) is 20.4. The summed E-state index contributed by atoms with van der Waals surface area (Å²) in [5.74, 6) is 0. The molecular formula is C25H33N2O3PS. The maximum Gasteiger partial charge on any atom is 0.325 e. The van der Waals surface area contributed by atoms with Gasteiger partial charge in [-0.1, -0.05) is 56.5 Å². The normalized spacial score (nSPS) is 11.7. The van der Waals surface area contributed by atoms with Gasteiger partial charge in [0, 0.05) is 23.1 Å². The van der Waals surface area contributed by atoms with E-state index in [2.05, 4.69) is 59.4 Å². The molecule has 0 fully saturated rings. The summed E-state index contributed by atoms with van der Waals surface area (Å²) in [5.41, 5.74) is 6.65. The molecule has 172 valence electrons. The van der Waals surface area contributed by atoms with Gasteiger partial charge in [0.05, 0.1) is 17.5 Å². The second-order valence-electron chi connectivity index (χ2n) is 8.14. The minimum atomic E-state index is -3.93. The Balaban J connectivity index is 1.70. The topological polar surface area (TPSA) is 82.5 Å². The lowest BCUT2D eigenvalue weighted by atomic mass is 9.98. The van der Waals surface area contributed by atoms with Crippen LogP contribution in [0.15, 0.2) is 53.2 Å². The molecule has 0 saturated heterocycles. The van der Waals surface area contributed by atoms with Crippen LogP contribution in [-0.2, 0) is 17.5 Å². The van der Waals surface area contributed by atoms with Gasteiger partial charge in [-0.15, -0.1) is 0 Å². The van der Waals surface area contributed by atoms with Gasteiger partial charge in [0.2, 0.25) is 0 Å². The van der Waals surface area contributed by atoms with Crippen molar-refractivity contribution in [1.82, 2.24) is 10.3 Å². The monoisotopic (exact) mass is 472 g/mol. The number of nitrogens with zero attached hydrogens (tertiary/aromatic N) is 1. The third kappa shape index (κ3) is 7.95. The maximum absolute atomic E-state index is 11.0. The minimum absolute atomic E-state index is 0.0961. The Hall–Kier alpha value is -1.82. The summed E-state index contributed by atoms with van der Waals surface area (Å²) in [7, 11) is -3.93. The Bertz CT molecular complexity index is 1000. The second-order valence-corrected chi connectivity index (χ2v) is 10.7. The molecule has 0 amide bonds. The molecule has 0 spiro atoms. The van der Waals surface area contributed by atoms with Crippen molar-refractivity contribution in [1.29, 1.82) is 0 Å². The van der Waals surface area contributed by atoms with Crippen LogP contribution in [0.25, 0.3) is 22.4 Å². The van der Waals surface area contributed by atoms with Gasteiger partial charge < -0.3 is 15.1 Å². The highest BCUT2D eigenvalue weighted by Gasteiger charge is 2.13. The molecule has 0 aliphatic carbocycles. The van der Waals surface area contributed by atoms with Gasteiger partial charge in [0.15, 0.2) is 0 Å². The molecule has 3 aromatic rings. The number of hydrogen-bond donors (Lipinski definition) is 3. The van der Waals surface area contributed by atoms with Crippen molar-refractivity contribution in [3.8, 4) is 22.4 Å². The van der Waals surface area contributed by atoms with Gasteiger partial charge >= 0.3 is 7.60 Å². The maximum atomic E-state index is 11.0. The molecule has 0 atom stereocenters. The molecule has 2 aromatic heterocycles. The van der Waals surface area contributed by atoms with Crippen LogP contribution in [-0.4, -0.2) is 27.5 Å². The van der Waals surface area contributed by atoms with E-state index in [0.29, 0.717) is 19.5 Å². The van der Waals surface area contributed by atoms with Crippen molar-refractivity contribution in [2.75, 3.05) is 12.7 Å². The van der Waals surface area contributed by atoms with Crippen molar-refractivity contribution >= 4 is 18.9 Å². The molecule has 0 aliphatic heterocycles. The largest absolute Gasteiger partial charge is 0.325 e. The lowest BCUT2D eigenvalue weighted by Gasteiger charge is -2.12. The average Bonchev–Trinajstić information content (AvgIpc) is 3.31. The summed E-state index contributed by atoms with van der Waals surface area (Å²) in [6.45, 7) is 3.35. The van der Waals surface area contributed by atoms with Crippen LogP contribution in [0.2, 0.25) is 0 Å². The van der Waals surface area contributed by atoms with Crippen molar-refractivity contribution in [3.05, 3.63) is 64.5 Å². The molecule has 0 bridgehead atoms. The van der Waals surface area contributed by atoms with Gasteiger partial charge in [-0.05, 0) is 54.4 Å². The molecule has 3 rings (SSSR count). The first kappa shape index (κ1) is 24.8. The summed E-state index contributed by atoms with van der Waals surface area (Å²) in [6, 6.07) is 15.1. The molecule has 0 aliphatic rings.